The highest BCUT2D eigenvalue weighted by molar-refractivity contribution is 6.34. The maximum absolute atomic E-state index is 12.5. The van der Waals surface area contributed by atoms with Crippen molar-refractivity contribution in [3.05, 3.63) is 62.7 Å². The second kappa shape index (κ2) is 8.48. The van der Waals surface area contributed by atoms with Gasteiger partial charge in [0.2, 0.25) is 0 Å². The molecule has 0 spiro atoms. The topological polar surface area (TPSA) is 102 Å². The van der Waals surface area contributed by atoms with Gasteiger partial charge in [0.1, 0.15) is 5.60 Å². The van der Waals surface area contributed by atoms with E-state index in [2.05, 4.69) is 5.32 Å². The van der Waals surface area contributed by atoms with Crippen LogP contribution in [0.2, 0.25) is 5.02 Å². The molecule has 0 aromatic heterocycles. The molecule has 9 heteroatoms. The molecular formula is C20H22ClN3O5. The van der Waals surface area contributed by atoms with Crippen LogP contribution in [-0.2, 0) is 4.74 Å². The van der Waals surface area contributed by atoms with Crippen molar-refractivity contribution in [1.29, 1.82) is 0 Å². The van der Waals surface area contributed by atoms with Gasteiger partial charge in [-0.05, 0) is 57.5 Å². The smallest absolute Gasteiger partial charge is 0.414 e. The van der Waals surface area contributed by atoms with E-state index in [4.69, 9.17) is 16.3 Å². The predicted octanol–water partition coefficient (Wildman–Crippen LogP) is 5.18. The van der Waals surface area contributed by atoms with Crippen molar-refractivity contribution in [3.8, 4) is 0 Å². The average molecular weight is 420 g/mol. The van der Waals surface area contributed by atoms with Crippen LogP contribution in [0.15, 0.2) is 36.4 Å². The van der Waals surface area contributed by atoms with Crippen molar-refractivity contribution in [2.45, 2.75) is 33.3 Å². The number of carbonyl (C=O) groups is 2. The third-order valence-corrected chi connectivity index (χ3v) is 4.25. The molecule has 1 N–H and O–H groups in total. The van der Waals surface area contributed by atoms with Crippen LogP contribution in [-0.4, -0.2) is 29.6 Å². The second-order valence-electron chi connectivity index (χ2n) is 7.41. The quantitative estimate of drug-likeness (QED) is 0.543. The highest BCUT2D eigenvalue weighted by Gasteiger charge is 2.21. The molecule has 0 heterocycles. The molecule has 8 nitrogen and oxygen atoms in total. The molecule has 29 heavy (non-hydrogen) atoms. The molecule has 0 aliphatic heterocycles. The molecule has 0 bridgehead atoms. The summed E-state index contributed by atoms with van der Waals surface area (Å²) in [5.74, 6) is -0.574. The number of nitrogens with zero attached hydrogens (tertiary/aromatic N) is 2. The molecule has 0 aliphatic rings. The fraction of sp³-hybridized carbons (Fsp3) is 0.300. The van der Waals surface area contributed by atoms with Crippen LogP contribution in [0.25, 0.3) is 0 Å². The van der Waals surface area contributed by atoms with Crippen LogP contribution in [0, 0.1) is 17.0 Å². The Morgan fingerprint density at radius 1 is 1.17 bits per heavy atom. The Morgan fingerprint density at radius 3 is 2.38 bits per heavy atom. The summed E-state index contributed by atoms with van der Waals surface area (Å²) in [4.78, 5) is 36.4. The summed E-state index contributed by atoms with van der Waals surface area (Å²) in [5, 5.41) is 13.7. The van der Waals surface area contributed by atoms with E-state index in [9.17, 15) is 19.7 Å². The number of nitro benzene ring substituents is 1. The number of nitrogens with one attached hydrogen (secondary N) is 1. The average Bonchev–Trinajstić information content (AvgIpc) is 2.61. The number of hydrogen-bond donors (Lipinski definition) is 1. The molecule has 0 saturated heterocycles. The van der Waals surface area contributed by atoms with Crippen LogP contribution in [0.3, 0.4) is 0 Å². The van der Waals surface area contributed by atoms with Gasteiger partial charge in [-0.25, -0.2) is 4.79 Å². The summed E-state index contributed by atoms with van der Waals surface area (Å²) >= 11 is 6.01. The predicted molar refractivity (Wildman–Crippen MR) is 112 cm³/mol. The lowest BCUT2D eigenvalue weighted by atomic mass is 10.1. The molecule has 0 fully saturated rings. The number of ether oxygens (including phenoxy) is 1. The molecule has 0 aliphatic carbocycles. The minimum absolute atomic E-state index is 0.00443. The Hall–Kier alpha value is -3.13. The number of hydrogen-bond acceptors (Lipinski definition) is 5. The van der Waals surface area contributed by atoms with Crippen molar-refractivity contribution < 1.29 is 19.2 Å². The van der Waals surface area contributed by atoms with E-state index in [-0.39, 0.29) is 16.3 Å². The molecule has 2 aromatic rings. The number of nitro groups is 1. The Bertz CT molecular complexity index is 969. The zero-order valence-electron chi connectivity index (χ0n) is 16.8. The molecule has 0 unspecified atom stereocenters. The second-order valence-corrected chi connectivity index (χ2v) is 7.82. The fourth-order valence-corrected chi connectivity index (χ4v) is 2.63. The molecule has 2 aromatic carbocycles. The number of halogens is 1. The van der Waals surface area contributed by atoms with E-state index in [1.807, 2.05) is 0 Å². The van der Waals surface area contributed by atoms with Crippen molar-refractivity contribution in [1.82, 2.24) is 0 Å². The number of anilines is 2. The van der Waals surface area contributed by atoms with E-state index in [0.717, 1.165) is 6.07 Å². The van der Waals surface area contributed by atoms with Gasteiger partial charge in [-0.1, -0.05) is 11.6 Å². The van der Waals surface area contributed by atoms with E-state index in [1.54, 1.807) is 52.9 Å². The van der Waals surface area contributed by atoms with Crippen LogP contribution in [0.1, 0.15) is 36.7 Å². The van der Waals surface area contributed by atoms with Crippen LogP contribution < -0.4 is 10.2 Å². The summed E-state index contributed by atoms with van der Waals surface area (Å²) in [6.07, 6.45) is -0.503. The van der Waals surface area contributed by atoms with Crippen LogP contribution >= 0.6 is 11.6 Å². The van der Waals surface area contributed by atoms with Gasteiger partial charge in [-0.2, -0.15) is 0 Å². The van der Waals surface area contributed by atoms with E-state index >= 15 is 0 Å². The molecule has 2 rings (SSSR count). The molecular weight excluding hydrogens is 398 g/mol. The van der Waals surface area contributed by atoms with E-state index in [0.29, 0.717) is 16.9 Å². The summed E-state index contributed by atoms with van der Waals surface area (Å²) in [6, 6.07) is 8.66. The molecule has 0 saturated carbocycles. The standard InChI is InChI=1S/C20H22ClN3O5/c1-12-10-13(23(5)19(26)29-20(2,3)4)7-9-17(12)22-18(25)15-11-14(24(27)28)6-8-16(15)21/h6-11H,1-5H3,(H,22,25). The number of carbonyl (C=O) groups excluding carboxylic acids is 2. The lowest BCUT2D eigenvalue weighted by molar-refractivity contribution is -0.384. The molecule has 2 amide bonds. The summed E-state index contributed by atoms with van der Waals surface area (Å²) in [6.45, 7) is 7.10. The zero-order valence-corrected chi connectivity index (χ0v) is 17.5. The summed E-state index contributed by atoms with van der Waals surface area (Å²) in [7, 11) is 1.59. The van der Waals surface area contributed by atoms with Gasteiger partial charge in [0, 0.05) is 30.6 Å². The van der Waals surface area contributed by atoms with Crippen molar-refractivity contribution in [2.75, 3.05) is 17.3 Å². The Balaban J connectivity index is 2.21. The van der Waals surface area contributed by atoms with Gasteiger partial charge in [-0.3, -0.25) is 19.8 Å². The summed E-state index contributed by atoms with van der Waals surface area (Å²) in [5.41, 5.74) is 0.905. The lowest BCUT2D eigenvalue weighted by Crippen LogP contribution is -2.34. The largest absolute Gasteiger partial charge is 0.443 e. The Morgan fingerprint density at radius 2 is 1.83 bits per heavy atom. The third kappa shape index (κ3) is 5.68. The maximum atomic E-state index is 12.5. The normalized spacial score (nSPS) is 11.0. The molecule has 0 atom stereocenters. The first-order valence-electron chi connectivity index (χ1n) is 8.71. The monoisotopic (exact) mass is 419 g/mol. The van der Waals surface area contributed by atoms with Crippen molar-refractivity contribution in [2.24, 2.45) is 0 Å². The highest BCUT2D eigenvalue weighted by Crippen LogP contribution is 2.26. The van der Waals surface area contributed by atoms with Gasteiger partial charge in [-0.15, -0.1) is 0 Å². The van der Waals surface area contributed by atoms with Crippen molar-refractivity contribution >= 4 is 40.7 Å². The van der Waals surface area contributed by atoms with Gasteiger partial charge >= 0.3 is 6.09 Å². The van der Waals surface area contributed by atoms with Gasteiger partial charge < -0.3 is 10.1 Å². The molecule has 0 radical (unpaired) electrons. The molecule has 154 valence electrons. The Kier molecular flexibility index (Phi) is 6.48. The number of benzene rings is 2. The first-order valence-corrected chi connectivity index (χ1v) is 9.09. The van der Waals surface area contributed by atoms with Gasteiger partial charge in [0.25, 0.3) is 11.6 Å². The SMILES string of the molecule is Cc1cc(N(C)C(=O)OC(C)(C)C)ccc1NC(=O)c1cc([N+](=O)[O-])ccc1Cl. The third-order valence-electron chi connectivity index (χ3n) is 3.92. The van der Waals surface area contributed by atoms with E-state index < -0.39 is 22.5 Å². The van der Waals surface area contributed by atoms with Crippen LogP contribution in [0.5, 0.6) is 0 Å². The Labute approximate surface area is 173 Å². The van der Waals surface area contributed by atoms with Crippen LogP contribution in [0.4, 0.5) is 21.9 Å². The highest BCUT2D eigenvalue weighted by atomic mass is 35.5. The maximum Gasteiger partial charge on any atom is 0.414 e. The zero-order chi connectivity index (χ0) is 21.9. The number of non-ortho nitro benzene ring substituents is 1. The summed E-state index contributed by atoms with van der Waals surface area (Å²) < 4.78 is 5.34. The van der Waals surface area contributed by atoms with Gasteiger partial charge in [0.15, 0.2) is 0 Å². The number of aryl methyl sites for hydroxylation is 1. The lowest BCUT2D eigenvalue weighted by Gasteiger charge is -2.25. The minimum Gasteiger partial charge on any atom is -0.443 e. The van der Waals surface area contributed by atoms with Crippen molar-refractivity contribution in [3.63, 3.8) is 0 Å². The first-order chi connectivity index (χ1) is 13.4. The minimum atomic E-state index is -0.619. The van der Waals surface area contributed by atoms with E-state index in [1.165, 1.54) is 17.0 Å². The fourth-order valence-electron chi connectivity index (χ4n) is 2.42. The van der Waals surface area contributed by atoms with Gasteiger partial charge in [0.05, 0.1) is 15.5 Å². The number of amides is 2. The number of rotatable bonds is 4. The first kappa shape index (κ1) is 22.2.